The third-order valence-corrected chi connectivity index (χ3v) is 4.79. The smallest absolute Gasteiger partial charge is 0.107 e. The highest BCUT2D eigenvalue weighted by molar-refractivity contribution is 9.10. The first-order valence-electron chi connectivity index (χ1n) is 6.01. The van der Waals surface area contributed by atoms with E-state index in [4.69, 9.17) is 35.4 Å². The lowest BCUT2D eigenvalue weighted by atomic mass is 10.0. The quantitative estimate of drug-likeness (QED) is 0.702. The van der Waals surface area contributed by atoms with Crippen LogP contribution < -0.4 is 5.32 Å². The minimum absolute atomic E-state index is 0.361. The van der Waals surface area contributed by atoms with Crippen LogP contribution >= 0.6 is 51.3 Å². The number of aliphatic imine (C=N–C) groups is 1. The Hall–Kier alpha value is -1.01. The van der Waals surface area contributed by atoms with Crippen LogP contribution in [0.4, 0.5) is 5.69 Å². The summed E-state index contributed by atoms with van der Waals surface area (Å²) in [5, 5.41) is 4.22. The molecule has 0 spiro atoms. The fourth-order valence-corrected chi connectivity index (χ4v) is 3.03. The van der Waals surface area contributed by atoms with Gasteiger partial charge in [-0.25, -0.2) is 0 Å². The van der Waals surface area contributed by atoms with Gasteiger partial charge in [-0.05, 0) is 40.2 Å². The number of pyridine rings is 1. The van der Waals surface area contributed by atoms with Crippen LogP contribution in [0.5, 0.6) is 0 Å². The van der Waals surface area contributed by atoms with Crippen molar-refractivity contribution < 1.29 is 0 Å². The van der Waals surface area contributed by atoms with Gasteiger partial charge in [0.05, 0.1) is 28.0 Å². The number of aromatic nitrogens is 1. The van der Waals surface area contributed by atoms with Crippen LogP contribution in [0, 0.1) is 0 Å². The fourth-order valence-electron chi connectivity index (χ4n) is 2.06. The van der Waals surface area contributed by atoms with Gasteiger partial charge in [0.25, 0.3) is 0 Å². The molecule has 0 bridgehead atoms. The van der Waals surface area contributed by atoms with Crippen LogP contribution in [0.3, 0.4) is 0 Å². The third kappa shape index (κ3) is 2.83. The van der Waals surface area contributed by atoms with E-state index < -0.39 is 0 Å². The molecule has 0 atom stereocenters. The normalized spacial score (nSPS) is 14.0. The Kier molecular flexibility index (Phi) is 4.26. The summed E-state index contributed by atoms with van der Waals surface area (Å²) in [7, 11) is 0. The van der Waals surface area contributed by atoms with E-state index in [-0.39, 0.29) is 0 Å². The molecule has 0 amide bonds. The molecule has 0 saturated carbocycles. The maximum Gasteiger partial charge on any atom is 0.107 e. The van der Waals surface area contributed by atoms with Crippen LogP contribution in [0.15, 0.2) is 39.9 Å². The molecule has 1 aromatic carbocycles. The van der Waals surface area contributed by atoms with Crippen LogP contribution in [0.2, 0.25) is 10.0 Å². The Labute approximate surface area is 145 Å². The van der Waals surface area contributed by atoms with E-state index in [1.807, 2.05) is 12.1 Å². The van der Waals surface area contributed by atoms with Crippen LogP contribution in [0.25, 0.3) is 0 Å². The van der Waals surface area contributed by atoms with Gasteiger partial charge < -0.3 is 5.32 Å². The minimum atomic E-state index is 0.361. The minimum Gasteiger partial charge on any atom is -0.348 e. The lowest BCUT2D eigenvalue weighted by Gasteiger charge is -2.13. The van der Waals surface area contributed by atoms with Gasteiger partial charge in [-0.2, -0.15) is 0 Å². The molecule has 1 aliphatic heterocycles. The van der Waals surface area contributed by atoms with Gasteiger partial charge in [0.1, 0.15) is 10.7 Å². The molecule has 0 radical (unpaired) electrons. The maximum absolute atomic E-state index is 6.45. The van der Waals surface area contributed by atoms with Crippen LogP contribution in [-0.2, 0) is 0 Å². The monoisotopic (exact) mass is 399 g/mol. The molecule has 2 aromatic rings. The number of thiocarbonyl (C=S) groups is 1. The van der Waals surface area contributed by atoms with E-state index in [9.17, 15) is 0 Å². The van der Waals surface area contributed by atoms with Gasteiger partial charge in [-0.15, -0.1) is 0 Å². The number of nitrogens with one attached hydrogen (secondary N) is 1. The van der Waals surface area contributed by atoms with Crippen molar-refractivity contribution in [2.75, 3.05) is 11.9 Å². The molecular weight excluding hydrogens is 393 g/mol. The molecule has 7 heteroatoms. The van der Waals surface area contributed by atoms with Crippen LogP contribution in [0.1, 0.15) is 11.3 Å². The van der Waals surface area contributed by atoms with Crippen molar-refractivity contribution in [3.63, 3.8) is 0 Å². The highest BCUT2D eigenvalue weighted by atomic mass is 79.9. The number of benzodiazepines with no additional fused rings is 1. The van der Waals surface area contributed by atoms with Gasteiger partial charge in [0.15, 0.2) is 0 Å². The SMILES string of the molecule is S=C1CN=C(c2ncccc2Cl)c2c(ccc(Br)c2Cl)N1. The second-order valence-corrected chi connectivity index (χ2v) is 6.46. The van der Waals surface area contributed by atoms with Gasteiger partial charge in [-0.1, -0.05) is 35.4 Å². The molecule has 1 aromatic heterocycles. The summed E-state index contributed by atoms with van der Waals surface area (Å²) in [6, 6.07) is 7.30. The number of benzene rings is 1. The zero-order chi connectivity index (χ0) is 15.0. The summed E-state index contributed by atoms with van der Waals surface area (Å²) in [4.78, 5) is 9.49. The lowest BCUT2D eigenvalue weighted by Crippen LogP contribution is -2.11. The summed E-state index contributed by atoms with van der Waals surface area (Å²) in [6.07, 6.45) is 1.67. The Morgan fingerprint density at radius 3 is 2.81 bits per heavy atom. The first kappa shape index (κ1) is 14.9. The standard InChI is InChI=1S/C14H8BrCl2N3S/c15-7-3-4-9-11(12(7)17)14(19-6-10(21)20-9)13-8(16)2-1-5-18-13/h1-5H,6H2,(H,20,21). The number of halogens is 3. The number of nitrogens with zero attached hydrogens (tertiary/aromatic N) is 2. The summed E-state index contributed by atoms with van der Waals surface area (Å²) >= 11 is 21.4. The average Bonchev–Trinajstić information content (AvgIpc) is 2.63. The van der Waals surface area contributed by atoms with Crippen molar-refractivity contribution in [3.05, 3.63) is 56.2 Å². The number of hydrogen-bond donors (Lipinski definition) is 1. The Morgan fingerprint density at radius 2 is 2.05 bits per heavy atom. The van der Waals surface area contributed by atoms with Gasteiger partial charge in [0, 0.05) is 16.2 Å². The molecule has 2 heterocycles. The Morgan fingerprint density at radius 1 is 1.24 bits per heavy atom. The summed E-state index contributed by atoms with van der Waals surface area (Å²) < 4.78 is 0.775. The first-order valence-corrected chi connectivity index (χ1v) is 7.97. The van der Waals surface area contributed by atoms with E-state index in [1.165, 1.54) is 0 Å². The predicted octanol–water partition coefficient (Wildman–Crippen LogP) is 4.74. The van der Waals surface area contributed by atoms with Gasteiger partial charge in [0.2, 0.25) is 0 Å². The van der Waals surface area contributed by atoms with Gasteiger partial charge in [-0.3, -0.25) is 9.98 Å². The predicted molar refractivity (Wildman–Crippen MR) is 95.1 cm³/mol. The van der Waals surface area contributed by atoms with Crippen molar-refractivity contribution in [2.45, 2.75) is 0 Å². The molecule has 0 aliphatic carbocycles. The maximum atomic E-state index is 6.45. The Balaban J connectivity index is 2.30. The molecule has 3 nitrogen and oxygen atoms in total. The topological polar surface area (TPSA) is 37.3 Å². The Bertz CT molecular complexity index is 777. The third-order valence-electron chi connectivity index (χ3n) is 2.97. The lowest BCUT2D eigenvalue weighted by molar-refractivity contribution is 1.25. The summed E-state index contributed by atoms with van der Waals surface area (Å²) in [6.45, 7) is 0.361. The molecule has 106 valence electrons. The first-order chi connectivity index (χ1) is 10.1. The molecule has 1 N–H and O–H groups in total. The summed E-state index contributed by atoms with van der Waals surface area (Å²) in [5.41, 5.74) is 2.76. The van der Waals surface area contributed by atoms with Crippen molar-refractivity contribution in [1.29, 1.82) is 0 Å². The highest BCUT2D eigenvalue weighted by Gasteiger charge is 2.23. The molecule has 3 rings (SSSR count). The van der Waals surface area contributed by atoms with Gasteiger partial charge >= 0.3 is 0 Å². The van der Waals surface area contributed by atoms with Crippen molar-refractivity contribution in [2.24, 2.45) is 4.99 Å². The fraction of sp³-hybridized carbons (Fsp3) is 0.0714. The molecule has 1 aliphatic rings. The number of hydrogen-bond acceptors (Lipinski definition) is 3. The average molecular weight is 401 g/mol. The van der Waals surface area contributed by atoms with E-state index in [1.54, 1.807) is 18.3 Å². The van der Waals surface area contributed by atoms with Crippen LogP contribution in [-0.4, -0.2) is 22.2 Å². The number of anilines is 1. The summed E-state index contributed by atoms with van der Waals surface area (Å²) in [5.74, 6) is 0. The van der Waals surface area contributed by atoms with Crippen molar-refractivity contribution in [1.82, 2.24) is 4.98 Å². The van der Waals surface area contributed by atoms with E-state index in [2.05, 4.69) is 31.2 Å². The van der Waals surface area contributed by atoms with E-state index in [0.717, 1.165) is 15.7 Å². The molecule has 0 unspecified atom stereocenters. The van der Waals surface area contributed by atoms with Crippen molar-refractivity contribution >= 4 is 67.7 Å². The van der Waals surface area contributed by atoms with E-state index in [0.29, 0.717) is 33.0 Å². The van der Waals surface area contributed by atoms with E-state index >= 15 is 0 Å². The highest BCUT2D eigenvalue weighted by Crippen LogP contribution is 2.35. The molecule has 0 saturated heterocycles. The number of fused-ring (bicyclic) bond motifs is 1. The zero-order valence-electron chi connectivity index (χ0n) is 10.5. The largest absolute Gasteiger partial charge is 0.348 e. The molecule has 0 fully saturated rings. The number of rotatable bonds is 1. The second-order valence-electron chi connectivity index (χ2n) is 4.33. The molecular formula is C14H8BrCl2N3S. The zero-order valence-corrected chi connectivity index (χ0v) is 14.4. The second kappa shape index (κ2) is 6.01. The molecule has 21 heavy (non-hydrogen) atoms. The van der Waals surface area contributed by atoms with Crippen molar-refractivity contribution in [3.8, 4) is 0 Å².